The summed E-state index contributed by atoms with van der Waals surface area (Å²) in [6.07, 6.45) is 1.75. The van der Waals surface area contributed by atoms with Gasteiger partial charge < -0.3 is 10.2 Å². The van der Waals surface area contributed by atoms with Gasteiger partial charge in [0.1, 0.15) is 0 Å². The molecule has 1 fully saturated rings. The van der Waals surface area contributed by atoms with Crippen LogP contribution in [0.2, 0.25) is 5.02 Å². The number of nitrogens with zero attached hydrogens (tertiary/aromatic N) is 1. The number of benzene rings is 2. The Kier molecular flexibility index (Phi) is 5.39. The number of rotatable bonds is 3. The lowest BCUT2D eigenvalue weighted by atomic mass is 10.0. The molecule has 2 aromatic rings. The van der Waals surface area contributed by atoms with Crippen LogP contribution in [-0.2, 0) is 0 Å². The number of carbonyl (C=O) groups excluding carboxylic acids is 2. The van der Waals surface area contributed by atoms with Crippen LogP contribution in [0.15, 0.2) is 48.5 Å². The molecule has 0 aliphatic carbocycles. The van der Waals surface area contributed by atoms with E-state index in [4.69, 9.17) is 11.6 Å². The minimum absolute atomic E-state index is 0.0189. The average molecular weight is 357 g/mol. The standard InChI is InChI=1S/C20H21ClN2O2/c1-14-4-6-16(7-5-14)20(25)23-12-2-3-18(13-23)22-19(24)15-8-10-17(21)11-9-15/h4-11,18H,2-3,12-13H2,1H3,(H,22,24). The highest BCUT2D eigenvalue weighted by molar-refractivity contribution is 6.30. The van der Waals surface area contributed by atoms with Crippen molar-refractivity contribution in [2.45, 2.75) is 25.8 Å². The molecule has 1 atom stereocenters. The number of halogens is 1. The van der Waals surface area contributed by atoms with E-state index in [0.29, 0.717) is 22.7 Å². The molecule has 2 amide bonds. The molecule has 1 aliphatic heterocycles. The zero-order chi connectivity index (χ0) is 17.8. The molecule has 130 valence electrons. The van der Waals surface area contributed by atoms with Crippen LogP contribution in [0.5, 0.6) is 0 Å². The van der Waals surface area contributed by atoms with Crippen LogP contribution in [0.3, 0.4) is 0 Å². The molecule has 0 saturated carbocycles. The van der Waals surface area contributed by atoms with Crippen molar-refractivity contribution in [1.82, 2.24) is 10.2 Å². The van der Waals surface area contributed by atoms with Gasteiger partial charge in [-0.3, -0.25) is 9.59 Å². The number of likely N-dealkylation sites (tertiary alicyclic amines) is 1. The van der Waals surface area contributed by atoms with E-state index in [1.54, 1.807) is 24.3 Å². The van der Waals surface area contributed by atoms with Crippen LogP contribution in [0.4, 0.5) is 0 Å². The summed E-state index contributed by atoms with van der Waals surface area (Å²) in [5.74, 6) is -0.114. The molecule has 0 radical (unpaired) electrons. The first-order valence-corrected chi connectivity index (χ1v) is 8.83. The largest absolute Gasteiger partial charge is 0.348 e. The Balaban J connectivity index is 1.62. The van der Waals surface area contributed by atoms with Crippen molar-refractivity contribution in [2.24, 2.45) is 0 Å². The van der Waals surface area contributed by atoms with Crippen LogP contribution < -0.4 is 5.32 Å². The summed E-state index contributed by atoms with van der Waals surface area (Å²) in [6.45, 7) is 3.25. The molecule has 2 aromatic carbocycles. The number of aryl methyl sites for hydroxylation is 1. The Hall–Kier alpha value is -2.33. The number of hydrogen-bond acceptors (Lipinski definition) is 2. The number of nitrogens with one attached hydrogen (secondary N) is 1. The second-order valence-corrected chi connectivity index (χ2v) is 6.87. The van der Waals surface area contributed by atoms with E-state index in [-0.39, 0.29) is 17.9 Å². The fraction of sp³-hybridized carbons (Fsp3) is 0.300. The van der Waals surface area contributed by atoms with E-state index in [9.17, 15) is 9.59 Å². The summed E-state index contributed by atoms with van der Waals surface area (Å²) in [5, 5.41) is 3.63. The highest BCUT2D eigenvalue weighted by atomic mass is 35.5. The van der Waals surface area contributed by atoms with Gasteiger partial charge in [-0.15, -0.1) is 0 Å². The van der Waals surface area contributed by atoms with Crippen molar-refractivity contribution < 1.29 is 9.59 Å². The molecule has 1 aliphatic rings. The van der Waals surface area contributed by atoms with E-state index < -0.39 is 0 Å². The first-order valence-electron chi connectivity index (χ1n) is 8.45. The molecule has 25 heavy (non-hydrogen) atoms. The van der Waals surface area contributed by atoms with Gasteiger partial charge in [0, 0.05) is 35.3 Å². The highest BCUT2D eigenvalue weighted by Gasteiger charge is 2.25. The van der Waals surface area contributed by atoms with Gasteiger partial charge in [0.2, 0.25) is 0 Å². The summed E-state index contributed by atoms with van der Waals surface area (Å²) in [7, 11) is 0. The van der Waals surface area contributed by atoms with E-state index in [2.05, 4.69) is 5.32 Å². The Labute approximate surface area is 152 Å². The molecule has 3 rings (SSSR count). The van der Waals surface area contributed by atoms with Crippen molar-refractivity contribution in [3.63, 3.8) is 0 Å². The van der Waals surface area contributed by atoms with Gasteiger partial charge in [-0.25, -0.2) is 0 Å². The summed E-state index contributed by atoms with van der Waals surface area (Å²) in [4.78, 5) is 26.8. The summed E-state index contributed by atoms with van der Waals surface area (Å²) in [5.41, 5.74) is 2.39. The minimum atomic E-state index is -0.133. The van der Waals surface area contributed by atoms with E-state index in [0.717, 1.165) is 24.9 Å². The van der Waals surface area contributed by atoms with Gasteiger partial charge >= 0.3 is 0 Å². The maximum Gasteiger partial charge on any atom is 0.253 e. The van der Waals surface area contributed by atoms with Gasteiger partial charge in [0.25, 0.3) is 11.8 Å². The maximum absolute atomic E-state index is 12.6. The van der Waals surface area contributed by atoms with Gasteiger partial charge in [0.05, 0.1) is 0 Å². The summed E-state index contributed by atoms with van der Waals surface area (Å²) < 4.78 is 0. The first-order chi connectivity index (χ1) is 12.0. The molecule has 5 heteroatoms. The number of amides is 2. The predicted molar refractivity (Wildman–Crippen MR) is 99.0 cm³/mol. The van der Waals surface area contributed by atoms with Gasteiger partial charge in [-0.1, -0.05) is 29.3 Å². The molecule has 1 saturated heterocycles. The van der Waals surface area contributed by atoms with Crippen molar-refractivity contribution in [1.29, 1.82) is 0 Å². The third kappa shape index (κ3) is 4.40. The normalized spacial score (nSPS) is 17.2. The molecule has 1 N–H and O–H groups in total. The smallest absolute Gasteiger partial charge is 0.253 e. The Bertz CT molecular complexity index is 756. The SMILES string of the molecule is Cc1ccc(C(=O)N2CCCC(NC(=O)c3ccc(Cl)cc3)C2)cc1. The molecule has 1 unspecified atom stereocenters. The highest BCUT2D eigenvalue weighted by Crippen LogP contribution is 2.16. The molecular weight excluding hydrogens is 336 g/mol. The molecular formula is C20H21ClN2O2. The second-order valence-electron chi connectivity index (χ2n) is 6.44. The zero-order valence-electron chi connectivity index (χ0n) is 14.2. The molecule has 0 bridgehead atoms. The fourth-order valence-electron chi connectivity index (χ4n) is 3.03. The minimum Gasteiger partial charge on any atom is -0.348 e. The van der Waals surface area contributed by atoms with E-state index in [1.165, 1.54) is 0 Å². The quantitative estimate of drug-likeness (QED) is 0.911. The molecule has 0 aromatic heterocycles. The van der Waals surface area contributed by atoms with Gasteiger partial charge in [-0.2, -0.15) is 0 Å². The number of hydrogen-bond donors (Lipinski definition) is 1. The third-order valence-corrected chi connectivity index (χ3v) is 4.70. The Morgan fingerprint density at radius 1 is 1.04 bits per heavy atom. The Morgan fingerprint density at radius 2 is 1.68 bits per heavy atom. The third-order valence-electron chi connectivity index (χ3n) is 4.45. The van der Waals surface area contributed by atoms with Crippen LogP contribution in [-0.4, -0.2) is 35.8 Å². The van der Waals surface area contributed by atoms with Crippen molar-refractivity contribution in [3.8, 4) is 0 Å². The van der Waals surface area contributed by atoms with Crippen molar-refractivity contribution in [2.75, 3.05) is 13.1 Å². The van der Waals surface area contributed by atoms with Crippen LogP contribution >= 0.6 is 11.6 Å². The first kappa shape index (κ1) is 17.5. The van der Waals surface area contributed by atoms with Gasteiger partial charge in [0.15, 0.2) is 0 Å². The zero-order valence-corrected chi connectivity index (χ0v) is 14.9. The van der Waals surface area contributed by atoms with Gasteiger partial charge in [-0.05, 0) is 56.2 Å². The monoisotopic (exact) mass is 356 g/mol. The topological polar surface area (TPSA) is 49.4 Å². The maximum atomic E-state index is 12.6. The number of carbonyl (C=O) groups is 2. The van der Waals surface area contributed by atoms with Crippen molar-refractivity contribution >= 4 is 23.4 Å². The van der Waals surface area contributed by atoms with Crippen LogP contribution in [0.1, 0.15) is 39.1 Å². The summed E-state index contributed by atoms with van der Waals surface area (Å²) >= 11 is 5.85. The lowest BCUT2D eigenvalue weighted by Crippen LogP contribution is -2.49. The lowest BCUT2D eigenvalue weighted by Gasteiger charge is -2.33. The number of piperidine rings is 1. The lowest BCUT2D eigenvalue weighted by molar-refractivity contribution is 0.0676. The fourth-order valence-corrected chi connectivity index (χ4v) is 3.15. The van der Waals surface area contributed by atoms with Crippen molar-refractivity contribution in [3.05, 3.63) is 70.2 Å². The molecule has 0 spiro atoms. The molecule has 4 nitrogen and oxygen atoms in total. The van der Waals surface area contributed by atoms with E-state index >= 15 is 0 Å². The molecule has 1 heterocycles. The second kappa shape index (κ2) is 7.70. The van der Waals surface area contributed by atoms with Crippen LogP contribution in [0.25, 0.3) is 0 Å². The average Bonchev–Trinajstić information content (AvgIpc) is 2.62. The Morgan fingerprint density at radius 3 is 2.36 bits per heavy atom. The van der Waals surface area contributed by atoms with Crippen LogP contribution in [0, 0.1) is 6.92 Å². The predicted octanol–water partition coefficient (Wildman–Crippen LogP) is 3.68. The van der Waals surface area contributed by atoms with E-state index in [1.807, 2.05) is 36.1 Å². The summed E-state index contributed by atoms with van der Waals surface area (Å²) in [6, 6.07) is 14.4.